The third-order valence-corrected chi connectivity index (χ3v) is 1.37. The Morgan fingerprint density at radius 1 is 0.565 bits per heavy atom. The van der Waals surface area contributed by atoms with Gasteiger partial charge in [-0.15, -0.1) is 0 Å². The third kappa shape index (κ3) is 12.2. The summed E-state index contributed by atoms with van der Waals surface area (Å²) in [6, 6.07) is 0. The standard InChI is InChI=1S/2C3H6N6.Ag.NO3/c2*4-1-7-2(5)9-3(6)8-1;;2-1(3)4/h2*(H6,4,5,6,7,8,9);;/q;;+1;-1. The van der Waals surface area contributed by atoms with Crippen LogP contribution in [0.25, 0.3) is 0 Å². The van der Waals surface area contributed by atoms with Crippen LogP contribution in [0, 0.1) is 15.3 Å². The van der Waals surface area contributed by atoms with Crippen molar-refractivity contribution < 1.29 is 27.5 Å². The van der Waals surface area contributed by atoms with Gasteiger partial charge in [0.15, 0.2) is 0 Å². The maximum atomic E-state index is 8.25. The average Bonchev–Trinajstić information content (AvgIpc) is 2.23. The minimum Gasteiger partial charge on any atom is -0.368 e. The molecule has 2 rings (SSSR count). The van der Waals surface area contributed by atoms with Gasteiger partial charge in [0.2, 0.25) is 35.7 Å². The van der Waals surface area contributed by atoms with Crippen LogP contribution in [0.5, 0.6) is 0 Å². The van der Waals surface area contributed by atoms with Gasteiger partial charge in [-0.2, -0.15) is 29.9 Å². The van der Waals surface area contributed by atoms with Crippen LogP contribution in [-0.4, -0.2) is 35.0 Å². The summed E-state index contributed by atoms with van der Waals surface area (Å²) in [5, 5.41) is 14.8. The second-order valence-electron chi connectivity index (χ2n) is 3.04. The zero-order chi connectivity index (χ0) is 17.3. The fraction of sp³-hybridized carbons (Fsp3) is 0. The van der Waals surface area contributed by atoms with E-state index in [1.165, 1.54) is 0 Å². The Bertz CT molecular complexity index is 485. The molecule has 0 spiro atoms. The maximum absolute atomic E-state index is 8.25. The second kappa shape index (κ2) is 10.5. The minimum absolute atomic E-state index is 0. The maximum Gasteiger partial charge on any atom is 1.00 e. The molecule has 17 heteroatoms. The first-order valence-electron chi connectivity index (χ1n) is 4.96. The van der Waals surface area contributed by atoms with Crippen molar-refractivity contribution in [2.24, 2.45) is 0 Å². The van der Waals surface area contributed by atoms with Gasteiger partial charge in [0.1, 0.15) is 0 Å². The molecule has 0 radical (unpaired) electrons. The van der Waals surface area contributed by atoms with Gasteiger partial charge in [-0.25, -0.2) is 0 Å². The van der Waals surface area contributed by atoms with Crippen LogP contribution in [0.15, 0.2) is 0 Å². The van der Waals surface area contributed by atoms with E-state index in [-0.39, 0.29) is 58.1 Å². The summed E-state index contributed by atoms with van der Waals surface area (Å²) < 4.78 is 0. The van der Waals surface area contributed by atoms with E-state index in [0.29, 0.717) is 0 Å². The number of nitrogens with zero attached hydrogens (tertiary/aromatic N) is 7. The molecule has 0 unspecified atom stereocenters. The Morgan fingerprint density at radius 3 is 0.739 bits per heavy atom. The van der Waals surface area contributed by atoms with E-state index in [4.69, 9.17) is 49.7 Å². The predicted molar refractivity (Wildman–Crippen MR) is 76.5 cm³/mol. The Balaban J connectivity index is 0. The molecule has 12 N–H and O–H groups in total. The number of hydrogen-bond donors (Lipinski definition) is 6. The van der Waals surface area contributed by atoms with Gasteiger partial charge in [0, 0.05) is 0 Å². The number of anilines is 6. The van der Waals surface area contributed by atoms with Crippen molar-refractivity contribution >= 4 is 35.7 Å². The van der Waals surface area contributed by atoms with Gasteiger partial charge < -0.3 is 49.7 Å². The zero-order valence-corrected chi connectivity index (χ0v) is 12.6. The molecule has 0 atom stereocenters. The fourth-order valence-electron chi connectivity index (χ4n) is 0.854. The third-order valence-electron chi connectivity index (χ3n) is 1.37. The molecule has 0 fully saturated rings. The zero-order valence-electron chi connectivity index (χ0n) is 11.1. The van der Waals surface area contributed by atoms with E-state index >= 15 is 0 Å². The molecule has 0 amide bonds. The SMILES string of the molecule is Nc1nc(N)nc(N)n1.Nc1nc(N)nc(N)n1.O=[N+]([O-])[O-].[Ag+]. The van der Waals surface area contributed by atoms with Gasteiger partial charge >= 0.3 is 22.4 Å². The van der Waals surface area contributed by atoms with Gasteiger partial charge in [0.25, 0.3) is 0 Å². The van der Waals surface area contributed by atoms with E-state index < -0.39 is 5.09 Å². The fourth-order valence-corrected chi connectivity index (χ4v) is 0.854. The van der Waals surface area contributed by atoms with Gasteiger partial charge in [-0.3, -0.25) is 0 Å². The smallest absolute Gasteiger partial charge is 0.368 e. The summed E-state index contributed by atoms with van der Waals surface area (Å²) in [6.07, 6.45) is 0. The Morgan fingerprint density at radius 2 is 0.652 bits per heavy atom. The molecular weight excluding hydrogens is 410 g/mol. The van der Waals surface area contributed by atoms with Gasteiger partial charge in [-0.05, 0) is 0 Å². The number of hydrogen-bond acceptors (Lipinski definition) is 15. The van der Waals surface area contributed by atoms with Crippen molar-refractivity contribution in [2.45, 2.75) is 0 Å². The van der Waals surface area contributed by atoms with Crippen LogP contribution < -0.4 is 34.4 Å². The molecule has 0 saturated carbocycles. The van der Waals surface area contributed by atoms with Gasteiger partial charge in [0.05, 0.1) is 5.09 Å². The molecule has 2 aromatic heterocycles. The molecule has 2 aromatic rings. The Hall–Kier alpha value is -3.24. The normalized spacial score (nSPS) is 8.35. The van der Waals surface area contributed by atoms with Crippen LogP contribution in [0.2, 0.25) is 0 Å². The van der Waals surface area contributed by atoms with Crippen molar-refractivity contribution in [3.05, 3.63) is 15.3 Å². The first kappa shape index (κ1) is 22.0. The largest absolute Gasteiger partial charge is 1.00 e. The number of nitrogens with two attached hydrogens (primary N) is 6. The summed E-state index contributed by atoms with van der Waals surface area (Å²) in [5.41, 5.74) is 30.8. The van der Waals surface area contributed by atoms with E-state index in [1.807, 2.05) is 0 Å². The molecule has 16 nitrogen and oxygen atoms in total. The predicted octanol–water partition coefficient (Wildman–Crippen LogP) is -3.01. The van der Waals surface area contributed by atoms with Crippen LogP contribution in [0.4, 0.5) is 35.7 Å². The summed E-state index contributed by atoms with van der Waals surface area (Å²) in [7, 11) is 0. The second-order valence-corrected chi connectivity index (χ2v) is 3.04. The molecule has 23 heavy (non-hydrogen) atoms. The molecule has 0 aromatic carbocycles. The van der Waals surface area contributed by atoms with E-state index in [2.05, 4.69) is 29.9 Å². The molecule has 2 heterocycles. The molecule has 0 bridgehead atoms. The van der Waals surface area contributed by atoms with E-state index in [1.54, 1.807) is 0 Å². The number of rotatable bonds is 0. The number of aromatic nitrogens is 6. The first-order valence-corrected chi connectivity index (χ1v) is 4.96. The topological polar surface area (TPSA) is 300 Å². The molecule has 0 saturated heterocycles. The monoisotopic (exact) mass is 421 g/mol. The van der Waals surface area contributed by atoms with Crippen molar-refractivity contribution in [2.75, 3.05) is 34.4 Å². The molecule has 0 aliphatic heterocycles. The van der Waals surface area contributed by atoms with Crippen molar-refractivity contribution in [1.29, 1.82) is 0 Å². The molecular formula is C6H12AgN13O3. The molecule has 0 aliphatic rings. The summed E-state index contributed by atoms with van der Waals surface area (Å²) >= 11 is 0. The van der Waals surface area contributed by atoms with E-state index in [0.717, 1.165) is 0 Å². The van der Waals surface area contributed by atoms with Gasteiger partial charge in [-0.1, -0.05) is 0 Å². The Labute approximate surface area is 143 Å². The molecule has 0 aliphatic carbocycles. The summed E-state index contributed by atoms with van der Waals surface area (Å²) in [4.78, 5) is 29.2. The number of nitrogen functional groups attached to an aromatic ring is 6. The average molecular weight is 422 g/mol. The summed E-state index contributed by atoms with van der Waals surface area (Å²) in [6.45, 7) is 0. The van der Waals surface area contributed by atoms with Crippen molar-refractivity contribution in [1.82, 2.24) is 29.9 Å². The van der Waals surface area contributed by atoms with Crippen LogP contribution in [-0.2, 0) is 22.4 Å². The van der Waals surface area contributed by atoms with Crippen LogP contribution in [0.3, 0.4) is 0 Å². The quantitative estimate of drug-likeness (QED) is 0.140. The summed E-state index contributed by atoms with van der Waals surface area (Å²) in [5.74, 6) is 0.250. The Kier molecular flexibility index (Phi) is 10.0. The van der Waals surface area contributed by atoms with Crippen LogP contribution in [0.1, 0.15) is 0 Å². The van der Waals surface area contributed by atoms with Crippen LogP contribution >= 0.6 is 0 Å². The minimum atomic E-state index is -1.75. The van der Waals surface area contributed by atoms with Crippen molar-refractivity contribution in [3.8, 4) is 0 Å². The molecule has 130 valence electrons. The van der Waals surface area contributed by atoms with Crippen molar-refractivity contribution in [3.63, 3.8) is 0 Å². The van der Waals surface area contributed by atoms with E-state index in [9.17, 15) is 0 Å². The first-order chi connectivity index (χ1) is 10.1.